The van der Waals surface area contributed by atoms with Crippen LogP contribution in [0.15, 0.2) is 114 Å². The molecule has 0 saturated carbocycles. The van der Waals surface area contributed by atoms with E-state index in [9.17, 15) is 0 Å². The lowest BCUT2D eigenvalue weighted by atomic mass is 9.79. The van der Waals surface area contributed by atoms with E-state index in [1.54, 1.807) is 5.57 Å². The van der Waals surface area contributed by atoms with Gasteiger partial charge in [-0.05, 0) is 82.4 Å². The lowest BCUT2D eigenvalue weighted by Gasteiger charge is -2.27. The van der Waals surface area contributed by atoms with Crippen molar-refractivity contribution in [3.05, 3.63) is 131 Å². The first-order chi connectivity index (χ1) is 16.6. The number of hydrogen-bond acceptors (Lipinski definition) is 1. The molecule has 0 atom stereocenters. The molecule has 34 heavy (non-hydrogen) atoms. The molecule has 0 spiro atoms. The van der Waals surface area contributed by atoms with Crippen LogP contribution >= 0.6 is 0 Å². The number of fused-ring (bicyclic) bond motifs is 2. The van der Waals surface area contributed by atoms with Crippen LogP contribution in [0, 0.1) is 0 Å². The normalized spacial score (nSPS) is 18.5. The molecule has 1 heteroatoms. The van der Waals surface area contributed by atoms with Gasteiger partial charge in [-0.3, -0.25) is 0 Å². The monoisotopic (exact) mass is 441 g/mol. The molecule has 6 rings (SSSR count). The van der Waals surface area contributed by atoms with E-state index in [2.05, 4.69) is 116 Å². The molecule has 0 aromatic heterocycles. The first-order valence-corrected chi connectivity index (χ1v) is 12.5. The van der Waals surface area contributed by atoms with Crippen LogP contribution in [-0.4, -0.2) is 0 Å². The number of hydrogen-bond donors (Lipinski definition) is 1. The van der Waals surface area contributed by atoms with Crippen LogP contribution in [-0.2, 0) is 5.41 Å². The van der Waals surface area contributed by atoms with Crippen molar-refractivity contribution in [2.24, 2.45) is 0 Å². The maximum atomic E-state index is 3.78. The molecular weight excluding hydrogens is 410 g/mol. The van der Waals surface area contributed by atoms with Gasteiger partial charge in [0.1, 0.15) is 0 Å². The summed E-state index contributed by atoms with van der Waals surface area (Å²) in [5.74, 6) is 0. The van der Waals surface area contributed by atoms with Crippen LogP contribution in [0.1, 0.15) is 56.2 Å². The molecule has 3 aromatic rings. The third kappa shape index (κ3) is 3.66. The van der Waals surface area contributed by atoms with Gasteiger partial charge in [0.25, 0.3) is 0 Å². The van der Waals surface area contributed by atoms with Gasteiger partial charge in [-0.15, -0.1) is 0 Å². The Morgan fingerprint density at radius 1 is 0.618 bits per heavy atom. The Balaban J connectivity index is 1.19. The van der Waals surface area contributed by atoms with Crippen LogP contribution in [0.25, 0.3) is 22.3 Å². The van der Waals surface area contributed by atoms with Crippen molar-refractivity contribution in [2.75, 3.05) is 0 Å². The van der Waals surface area contributed by atoms with Crippen molar-refractivity contribution in [3.63, 3.8) is 0 Å². The van der Waals surface area contributed by atoms with Crippen LogP contribution in [0.5, 0.6) is 0 Å². The summed E-state index contributed by atoms with van der Waals surface area (Å²) in [6, 6.07) is 28.5. The quantitative estimate of drug-likeness (QED) is 0.428. The molecule has 0 amide bonds. The standard InChI is InChI=1S/C33H31N/c1-33(2)31-11-7-6-10-29(31)30-21-20-28(22-32(30)33)34-27-18-16-26(17-19-27)25-14-12-24(13-15-25)23-8-4-3-5-9-23/h3-16,18,22,34H,17,19-21H2,1-2H3. The van der Waals surface area contributed by atoms with Crippen LogP contribution < -0.4 is 5.32 Å². The predicted octanol–water partition coefficient (Wildman–Crippen LogP) is 8.43. The highest BCUT2D eigenvalue weighted by Crippen LogP contribution is 2.50. The molecule has 0 bridgehead atoms. The van der Waals surface area contributed by atoms with Gasteiger partial charge in [0.15, 0.2) is 0 Å². The Bertz CT molecular complexity index is 1360. The summed E-state index contributed by atoms with van der Waals surface area (Å²) in [5, 5.41) is 3.78. The number of nitrogens with one attached hydrogen (secondary N) is 1. The fraction of sp³-hybridized carbons (Fsp3) is 0.212. The van der Waals surface area contributed by atoms with E-state index >= 15 is 0 Å². The average molecular weight is 442 g/mol. The Labute approximate surface area is 203 Å². The van der Waals surface area contributed by atoms with Gasteiger partial charge >= 0.3 is 0 Å². The predicted molar refractivity (Wildman–Crippen MR) is 144 cm³/mol. The molecular formula is C33H31N. The smallest absolute Gasteiger partial charge is 0.0156 e. The fourth-order valence-electron chi connectivity index (χ4n) is 5.80. The van der Waals surface area contributed by atoms with Gasteiger partial charge < -0.3 is 5.32 Å². The van der Waals surface area contributed by atoms with Gasteiger partial charge in [0.05, 0.1) is 0 Å². The van der Waals surface area contributed by atoms with E-state index in [0.717, 1.165) is 25.7 Å². The molecule has 0 aliphatic heterocycles. The van der Waals surface area contributed by atoms with E-state index in [-0.39, 0.29) is 5.41 Å². The third-order valence-electron chi connectivity index (χ3n) is 7.72. The SMILES string of the molecule is CC1(C)C2=C(CCC(NC3=CC=C(c4ccc(-c5ccccc5)cc4)CC3)=C2)c2ccccc21. The van der Waals surface area contributed by atoms with Crippen LogP contribution in [0.4, 0.5) is 0 Å². The van der Waals surface area contributed by atoms with E-state index in [1.807, 2.05) is 0 Å². The van der Waals surface area contributed by atoms with Crippen LogP contribution in [0.3, 0.4) is 0 Å². The summed E-state index contributed by atoms with van der Waals surface area (Å²) in [6.07, 6.45) is 11.3. The fourth-order valence-corrected chi connectivity index (χ4v) is 5.80. The van der Waals surface area contributed by atoms with Crippen LogP contribution in [0.2, 0.25) is 0 Å². The number of benzene rings is 3. The highest BCUT2D eigenvalue weighted by molar-refractivity contribution is 5.83. The molecule has 0 heterocycles. The van der Waals surface area contributed by atoms with E-state index in [0.29, 0.717) is 0 Å². The Hall–Kier alpha value is -3.58. The van der Waals surface area contributed by atoms with Gasteiger partial charge in [0, 0.05) is 16.8 Å². The van der Waals surface area contributed by atoms with Gasteiger partial charge in [-0.2, -0.15) is 0 Å². The highest BCUT2D eigenvalue weighted by atomic mass is 14.9. The van der Waals surface area contributed by atoms with Crippen molar-refractivity contribution in [1.82, 2.24) is 5.32 Å². The minimum Gasteiger partial charge on any atom is -0.362 e. The zero-order chi connectivity index (χ0) is 23.1. The molecule has 0 unspecified atom stereocenters. The van der Waals surface area contributed by atoms with Crippen molar-refractivity contribution in [1.29, 1.82) is 0 Å². The molecule has 3 aliphatic rings. The molecule has 168 valence electrons. The number of allylic oxidation sites excluding steroid dienone is 8. The van der Waals surface area contributed by atoms with E-state index in [1.165, 1.54) is 50.4 Å². The molecule has 1 N–H and O–H groups in total. The lowest BCUT2D eigenvalue weighted by molar-refractivity contribution is 0.645. The Kier molecular flexibility index (Phi) is 5.14. The molecule has 0 fully saturated rings. The van der Waals surface area contributed by atoms with Gasteiger partial charge in [-0.25, -0.2) is 0 Å². The summed E-state index contributed by atoms with van der Waals surface area (Å²) in [7, 11) is 0. The molecule has 1 nitrogen and oxygen atoms in total. The molecule has 3 aliphatic carbocycles. The first kappa shape index (κ1) is 21.0. The summed E-state index contributed by atoms with van der Waals surface area (Å²) in [4.78, 5) is 0. The second-order valence-electron chi connectivity index (χ2n) is 10.2. The van der Waals surface area contributed by atoms with Gasteiger partial charge in [-0.1, -0.05) is 98.8 Å². The minimum atomic E-state index is 0.0825. The zero-order valence-electron chi connectivity index (χ0n) is 20.1. The summed E-state index contributed by atoms with van der Waals surface area (Å²) < 4.78 is 0. The minimum absolute atomic E-state index is 0.0825. The number of rotatable bonds is 4. The summed E-state index contributed by atoms with van der Waals surface area (Å²) in [6.45, 7) is 4.73. The first-order valence-electron chi connectivity index (χ1n) is 12.5. The highest BCUT2D eigenvalue weighted by Gasteiger charge is 2.37. The molecule has 0 saturated heterocycles. The van der Waals surface area contributed by atoms with E-state index in [4.69, 9.17) is 0 Å². The van der Waals surface area contributed by atoms with E-state index < -0.39 is 0 Å². The van der Waals surface area contributed by atoms with Crippen molar-refractivity contribution in [3.8, 4) is 11.1 Å². The summed E-state index contributed by atoms with van der Waals surface area (Å²) >= 11 is 0. The molecule has 3 aromatic carbocycles. The Morgan fingerprint density at radius 2 is 1.29 bits per heavy atom. The van der Waals surface area contributed by atoms with Crippen molar-refractivity contribution < 1.29 is 0 Å². The molecule has 0 radical (unpaired) electrons. The zero-order valence-corrected chi connectivity index (χ0v) is 20.1. The van der Waals surface area contributed by atoms with Crippen molar-refractivity contribution in [2.45, 2.75) is 44.9 Å². The Morgan fingerprint density at radius 3 is 2.06 bits per heavy atom. The second-order valence-corrected chi connectivity index (χ2v) is 10.2. The lowest BCUT2D eigenvalue weighted by Crippen LogP contribution is -2.21. The second kappa shape index (κ2) is 8.33. The van der Waals surface area contributed by atoms with Gasteiger partial charge in [0.2, 0.25) is 0 Å². The largest absolute Gasteiger partial charge is 0.362 e. The third-order valence-corrected chi connectivity index (χ3v) is 7.72. The maximum absolute atomic E-state index is 3.78. The van der Waals surface area contributed by atoms with Crippen molar-refractivity contribution >= 4 is 11.1 Å². The summed E-state index contributed by atoms with van der Waals surface area (Å²) in [5.41, 5.74) is 14.0. The maximum Gasteiger partial charge on any atom is 0.0156 e. The average Bonchev–Trinajstić information content (AvgIpc) is 3.12. The topological polar surface area (TPSA) is 12.0 Å².